The molecule has 0 unspecified atom stereocenters. The van der Waals surface area contributed by atoms with Crippen LogP contribution < -0.4 is 15.7 Å². The molecule has 0 atom stereocenters. The van der Waals surface area contributed by atoms with Crippen LogP contribution in [0.3, 0.4) is 0 Å². The number of fused-ring (bicyclic) bond motifs is 1. The van der Waals surface area contributed by atoms with Crippen molar-refractivity contribution in [2.45, 2.75) is 6.42 Å². The molecule has 0 radical (unpaired) electrons. The first-order valence-corrected chi connectivity index (χ1v) is 6.79. The van der Waals surface area contributed by atoms with Gasteiger partial charge in [-0.15, -0.1) is 0 Å². The molecule has 0 aliphatic rings. The highest BCUT2D eigenvalue weighted by Gasteiger charge is 2.06. The smallest absolute Gasteiger partial charge is 0.323 e. The lowest BCUT2D eigenvalue weighted by Gasteiger charge is -2.06. The van der Waals surface area contributed by atoms with Crippen LogP contribution in [0.25, 0.3) is 11.0 Å². The molecule has 0 aliphatic heterocycles. The molecular weight excluding hydrogens is 282 g/mol. The van der Waals surface area contributed by atoms with Crippen LogP contribution in [0, 0.1) is 0 Å². The molecule has 0 bridgehead atoms. The van der Waals surface area contributed by atoms with E-state index in [0.717, 1.165) is 16.8 Å². The lowest BCUT2D eigenvalue weighted by molar-refractivity contribution is -0.115. The molecule has 6 heteroatoms. The molecule has 0 saturated carbocycles. The van der Waals surface area contributed by atoms with Crippen LogP contribution in [0.1, 0.15) is 5.56 Å². The van der Waals surface area contributed by atoms with E-state index < -0.39 is 0 Å². The van der Waals surface area contributed by atoms with Gasteiger partial charge in [0.2, 0.25) is 5.91 Å². The number of imidazole rings is 1. The fourth-order valence-corrected chi connectivity index (χ4v) is 2.25. The van der Waals surface area contributed by atoms with E-state index in [0.29, 0.717) is 11.2 Å². The van der Waals surface area contributed by atoms with Crippen molar-refractivity contribution in [2.24, 2.45) is 0 Å². The van der Waals surface area contributed by atoms with Crippen LogP contribution in [0.15, 0.2) is 47.3 Å². The molecule has 3 rings (SSSR count). The van der Waals surface area contributed by atoms with Gasteiger partial charge in [0.05, 0.1) is 24.6 Å². The minimum absolute atomic E-state index is 0.123. The lowest BCUT2D eigenvalue weighted by atomic mass is 10.1. The van der Waals surface area contributed by atoms with Crippen molar-refractivity contribution >= 4 is 22.6 Å². The molecule has 112 valence electrons. The summed E-state index contributed by atoms with van der Waals surface area (Å²) < 4.78 is 5.07. The SMILES string of the molecule is COc1ccc(NC(=O)Cc2ccc3[nH]c(=O)[nH]c3c2)cc1. The van der Waals surface area contributed by atoms with Gasteiger partial charge in [-0.05, 0) is 42.0 Å². The summed E-state index contributed by atoms with van der Waals surface area (Å²) in [7, 11) is 1.59. The van der Waals surface area contributed by atoms with Gasteiger partial charge < -0.3 is 20.0 Å². The summed E-state index contributed by atoms with van der Waals surface area (Å²) >= 11 is 0. The number of anilines is 1. The number of benzene rings is 2. The van der Waals surface area contributed by atoms with Gasteiger partial charge >= 0.3 is 5.69 Å². The van der Waals surface area contributed by atoms with Crippen LogP contribution in [0.4, 0.5) is 5.69 Å². The van der Waals surface area contributed by atoms with E-state index in [1.165, 1.54) is 0 Å². The molecule has 0 spiro atoms. The number of hydrogen-bond acceptors (Lipinski definition) is 3. The minimum atomic E-state index is -0.255. The topological polar surface area (TPSA) is 87.0 Å². The Bertz CT molecular complexity index is 862. The van der Waals surface area contributed by atoms with Crippen molar-refractivity contribution in [1.82, 2.24) is 9.97 Å². The number of H-pyrrole nitrogens is 2. The van der Waals surface area contributed by atoms with E-state index in [4.69, 9.17) is 4.74 Å². The van der Waals surface area contributed by atoms with Crippen molar-refractivity contribution in [3.8, 4) is 5.75 Å². The van der Waals surface area contributed by atoms with Gasteiger partial charge in [-0.2, -0.15) is 0 Å². The van der Waals surface area contributed by atoms with Gasteiger partial charge in [-0.3, -0.25) is 4.79 Å². The molecule has 0 saturated heterocycles. The molecule has 22 heavy (non-hydrogen) atoms. The number of carbonyl (C=O) groups is 1. The molecule has 1 amide bonds. The predicted molar refractivity (Wildman–Crippen MR) is 84.2 cm³/mol. The number of ether oxygens (including phenoxy) is 1. The van der Waals surface area contributed by atoms with E-state index >= 15 is 0 Å². The summed E-state index contributed by atoms with van der Waals surface area (Å²) in [6, 6.07) is 12.5. The largest absolute Gasteiger partial charge is 0.497 e. The van der Waals surface area contributed by atoms with Crippen LogP contribution in [-0.4, -0.2) is 23.0 Å². The Balaban J connectivity index is 1.70. The molecule has 6 nitrogen and oxygen atoms in total. The maximum Gasteiger partial charge on any atom is 0.323 e. The van der Waals surface area contributed by atoms with Crippen molar-refractivity contribution in [2.75, 3.05) is 12.4 Å². The van der Waals surface area contributed by atoms with Crippen molar-refractivity contribution in [3.05, 3.63) is 58.5 Å². The van der Waals surface area contributed by atoms with Gasteiger partial charge in [0.25, 0.3) is 0 Å². The fraction of sp³-hybridized carbons (Fsp3) is 0.125. The van der Waals surface area contributed by atoms with Gasteiger partial charge in [0, 0.05) is 5.69 Å². The highest BCUT2D eigenvalue weighted by atomic mass is 16.5. The monoisotopic (exact) mass is 297 g/mol. The number of aromatic nitrogens is 2. The second-order valence-corrected chi connectivity index (χ2v) is 4.91. The number of rotatable bonds is 4. The number of amides is 1. The zero-order valence-corrected chi connectivity index (χ0v) is 12.0. The van der Waals surface area contributed by atoms with E-state index in [1.807, 2.05) is 6.07 Å². The maximum absolute atomic E-state index is 12.1. The van der Waals surface area contributed by atoms with Crippen molar-refractivity contribution in [1.29, 1.82) is 0 Å². The molecule has 3 aromatic rings. The van der Waals surface area contributed by atoms with Gasteiger partial charge in [0.1, 0.15) is 5.75 Å². The normalized spacial score (nSPS) is 10.6. The Hall–Kier alpha value is -3.02. The summed E-state index contributed by atoms with van der Waals surface area (Å²) in [5, 5.41) is 2.82. The second-order valence-electron chi connectivity index (χ2n) is 4.91. The lowest BCUT2D eigenvalue weighted by Crippen LogP contribution is -2.14. The zero-order chi connectivity index (χ0) is 15.5. The third-order valence-corrected chi connectivity index (χ3v) is 3.32. The molecule has 3 N–H and O–H groups in total. The maximum atomic E-state index is 12.1. The Labute approximate surface area is 126 Å². The summed E-state index contributed by atoms with van der Waals surface area (Å²) in [6.45, 7) is 0. The van der Waals surface area contributed by atoms with Crippen LogP contribution in [0.5, 0.6) is 5.75 Å². The average molecular weight is 297 g/mol. The Kier molecular flexibility index (Phi) is 3.65. The number of methoxy groups -OCH3 is 1. The summed E-state index contributed by atoms with van der Waals surface area (Å²) in [6.07, 6.45) is 0.231. The highest BCUT2D eigenvalue weighted by Crippen LogP contribution is 2.16. The van der Waals surface area contributed by atoms with Crippen LogP contribution >= 0.6 is 0 Å². The quantitative estimate of drug-likeness (QED) is 0.688. The van der Waals surface area contributed by atoms with E-state index in [9.17, 15) is 9.59 Å². The molecule has 1 heterocycles. The molecule has 1 aromatic heterocycles. The predicted octanol–water partition coefficient (Wildman–Crippen LogP) is 2.05. The van der Waals surface area contributed by atoms with Gasteiger partial charge in [0.15, 0.2) is 0 Å². The van der Waals surface area contributed by atoms with Gasteiger partial charge in [-0.1, -0.05) is 6.07 Å². The molecule has 0 aliphatic carbocycles. The first-order chi connectivity index (χ1) is 10.6. The zero-order valence-electron chi connectivity index (χ0n) is 12.0. The standard InChI is InChI=1S/C16H15N3O3/c1-22-12-5-3-11(4-6-12)17-15(20)9-10-2-7-13-14(8-10)19-16(21)18-13/h2-8H,9H2,1H3,(H,17,20)(H2,18,19,21). The van der Waals surface area contributed by atoms with E-state index in [-0.39, 0.29) is 18.0 Å². The number of aromatic amines is 2. The first kappa shape index (κ1) is 13.9. The minimum Gasteiger partial charge on any atom is -0.497 e. The molecular formula is C16H15N3O3. The summed E-state index contributed by atoms with van der Waals surface area (Å²) in [5.74, 6) is 0.613. The third kappa shape index (κ3) is 3.01. The highest BCUT2D eigenvalue weighted by molar-refractivity contribution is 5.92. The first-order valence-electron chi connectivity index (χ1n) is 6.79. The second kappa shape index (κ2) is 5.77. The van der Waals surface area contributed by atoms with Crippen LogP contribution in [0.2, 0.25) is 0 Å². The third-order valence-electron chi connectivity index (χ3n) is 3.32. The Morgan fingerprint density at radius 3 is 2.55 bits per heavy atom. The number of hydrogen-bond donors (Lipinski definition) is 3. The number of carbonyl (C=O) groups excluding carboxylic acids is 1. The van der Waals surface area contributed by atoms with Crippen molar-refractivity contribution in [3.63, 3.8) is 0 Å². The average Bonchev–Trinajstić information content (AvgIpc) is 2.87. The van der Waals surface area contributed by atoms with E-state index in [1.54, 1.807) is 43.5 Å². The Morgan fingerprint density at radius 2 is 1.82 bits per heavy atom. The fourth-order valence-electron chi connectivity index (χ4n) is 2.25. The molecule has 0 fully saturated rings. The van der Waals surface area contributed by atoms with Crippen LogP contribution in [-0.2, 0) is 11.2 Å². The summed E-state index contributed by atoms with van der Waals surface area (Å²) in [4.78, 5) is 28.6. The number of nitrogens with one attached hydrogen (secondary N) is 3. The Morgan fingerprint density at radius 1 is 1.09 bits per heavy atom. The van der Waals surface area contributed by atoms with Crippen molar-refractivity contribution < 1.29 is 9.53 Å². The van der Waals surface area contributed by atoms with E-state index in [2.05, 4.69) is 15.3 Å². The molecule has 2 aromatic carbocycles. The summed E-state index contributed by atoms with van der Waals surface area (Å²) in [5.41, 5.74) is 2.70. The van der Waals surface area contributed by atoms with Gasteiger partial charge in [-0.25, -0.2) is 4.79 Å².